The summed E-state index contributed by atoms with van der Waals surface area (Å²) in [6, 6.07) is 5.75. The minimum absolute atomic E-state index is 0.0103. The largest absolute Gasteiger partial charge is 0.454 e. The van der Waals surface area contributed by atoms with E-state index in [1.807, 2.05) is 30.0 Å². The van der Waals surface area contributed by atoms with Crippen LogP contribution in [0.4, 0.5) is 0 Å². The molecule has 0 radical (unpaired) electrons. The second-order valence-corrected chi connectivity index (χ2v) is 5.62. The summed E-state index contributed by atoms with van der Waals surface area (Å²) in [5, 5.41) is 7.12. The van der Waals surface area contributed by atoms with E-state index in [0.29, 0.717) is 12.2 Å². The van der Waals surface area contributed by atoms with E-state index in [2.05, 4.69) is 17.1 Å². The first-order chi connectivity index (χ1) is 10.7. The van der Waals surface area contributed by atoms with Crippen LogP contribution in [0.25, 0.3) is 0 Å². The van der Waals surface area contributed by atoms with Gasteiger partial charge < -0.3 is 14.4 Å². The number of aryl methyl sites for hydroxylation is 1. The number of H-pyrrole nitrogens is 1. The molecule has 1 unspecified atom stereocenters. The fourth-order valence-corrected chi connectivity index (χ4v) is 3.25. The Kier molecular flexibility index (Phi) is 2.85. The molecule has 0 aliphatic carbocycles. The predicted molar refractivity (Wildman–Crippen MR) is 79.1 cm³/mol. The minimum Gasteiger partial charge on any atom is -0.454 e. The van der Waals surface area contributed by atoms with E-state index in [1.54, 1.807) is 0 Å². The number of ether oxygens (including phenoxy) is 2. The summed E-state index contributed by atoms with van der Waals surface area (Å²) in [4.78, 5) is 14.5. The van der Waals surface area contributed by atoms with Crippen LogP contribution in [-0.4, -0.2) is 34.3 Å². The lowest BCUT2D eigenvalue weighted by molar-refractivity contribution is 0.0743. The third-order valence-electron chi connectivity index (χ3n) is 4.22. The Morgan fingerprint density at radius 1 is 1.36 bits per heavy atom. The van der Waals surface area contributed by atoms with Gasteiger partial charge in [-0.15, -0.1) is 0 Å². The molecule has 0 saturated heterocycles. The summed E-state index contributed by atoms with van der Waals surface area (Å²) in [5.74, 6) is 1.47. The number of nitrogens with zero attached hydrogens (tertiary/aromatic N) is 2. The van der Waals surface area contributed by atoms with E-state index in [4.69, 9.17) is 9.47 Å². The van der Waals surface area contributed by atoms with Gasteiger partial charge >= 0.3 is 0 Å². The smallest absolute Gasteiger partial charge is 0.275 e. The summed E-state index contributed by atoms with van der Waals surface area (Å²) in [6.07, 6.45) is 0.903. The number of aromatic nitrogens is 2. The molecule has 6 nitrogen and oxygen atoms in total. The monoisotopic (exact) mass is 299 g/mol. The third-order valence-corrected chi connectivity index (χ3v) is 4.22. The maximum Gasteiger partial charge on any atom is 0.275 e. The Hall–Kier alpha value is -2.50. The van der Waals surface area contributed by atoms with Gasteiger partial charge in [-0.05, 0) is 31.0 Å². The van der Waals surface area contributed by atoms with Crippen LogP contribution in [0.5, 0.6) is 11.5 Å². The van der Waals surface area contributed by atoms with Crippen molar-refractivity contribution in [2.24, 2.45) is 0 Å². The number of carbonyl (C=O) groups is 1. The second kappa shape index (κ2) is 4.76. The molecule has 0 bridgehead atoms. The Bertz CT molecular complexity index is 753. The van der Waals surface area contributed by atoms with Crippen LogP contribution >= 0.6 is 0 Å². The standard InChI is InChI=1S/C16H17N3O3/c1-3-6-19-15(13-9(2)17-18-14(13)16(19)20)10-4-5-11-12(7-10)22-8-21-11/h4-5,7,15H,3,6,8H2,1-2H3,(H,17,18). The van der Waals surface area contributed by atoms with Crippen molar-refractivity contribution in [1.29, 1.82) is 0 Å². The molecule has 22 heavy (non-hydrogen) atoms. The molecular weight excluding hydrogens is 282 g/mol. The van der Waals surface area contributed by atoms with Crippen LogP contribution in [0.1, 0.15) is 46.7 Å². The molecule has 3 heterocycles. The molecule has 4 rings (SSSR count). The molecule has 2 aliphatic rings. The number of nitrogens with one attached hydrogen (secondary N) is 1. The number of amides is 1. The first kappa shape index (κ1) is 13.2. The highest BCUT2D eigenvalue weighted by atomic mass is 16.7. The molecule has 0 fully saturated rings. The molecule has 1 aromatic carbocycles. The van der Waals surface area contributed by atoms with E-state index >= 15 is 0 Å². The van der Waals surface area contributed by atoms with Crippen molar-refractivity contribution in [3.8, 4) is 11.5 Å². The molecule has 1 N–H and O–H groups in total. The van der Waals surface area contributed by atoms with Crippen LogP contribution in [0.2, 0.25) is 0 Å². The van der Waals surface area contributed by atoms with Crippen LogP contribution < -0.4 is 9.47 Å². The molecule has 114 valence electrons. The van der Waals surface area contributed by atoms with E-state index in [-0.39, 0.29) is 18.7 Å². The van der Waals surface area contributed by atoms with E-state index < -0.39 is 0 Å². The Morgan fingerprint density at radius 2 is 2.18 bits per heavy atom. The number of carbonyl (C=O) groups excluding carboxylic acids is 1. The van der Waals surface area contributed by atoms with Crippen molar-refractivity contribution in [1.82, 2.24) is 15.1 Å². The van der Waals surface area contributed by atoms with Gasteiger partial charge in [-0.1, -0.05) is 13.0 Å². The summed E-state index contributed by atoms with van der Waals surface area (Å²) in [7, 11) is 0. The molecule has 1 aromatic heterocycles. The van der Waals surface area contributed by atoms with Crippen molar-refractivity contribution < 1.29 is 14.3 Å². The molecule has 0 saturated carbocycles. The molecule has 0 spiro atoms. The summed E-state index contributed by atoms with van der Waals surface area (Å²) in [6.45, 7) is 4.97. The van der Waals surface area contributed by atoms with Crippen LogP contribution in [0.15, 0.2) is 18.2 Å². The van der Waals surface area contributed by atoms with E-state index in [1.165, 1.54) is 0 Å². The number of fused-ring (bicyclic) bond motifs is 2. The lowest BCUT2D eigenvalue weighted by Crippen LogP contribution is -2.30. The summed E-state index contributed by atoms with van der Waals surface area (Å²) in [5.41, 5.74) is 3.46. The maximum absolute atomic E-state index is 12.6. The average molecular weight is 299 g/mol. The molecule has 2 aromatic rings. The van der Waals surface area contributed by atoms with Crippen LogP contribution in [0.3, 0.4) is 0 Å². The Labute approximate surface area is 128 Å². The van der Waals surface area contributed by atoms with Gasteiger partial charge in [0.15, 0.2) is 17.2 Å². The number of benzene rings is 1. The van der Waals surface area contributed by atoms with Crippen molar-refractivity contribution in [3.05, 3.63) is 40.7 Å². The zero-order valence-electron chi connectivity index (χ0n) is 12.5. The number of hydrogen-bond acceptors (Lipinski definition) is 4. The normalized spacial score (nSPS) is 18.9. The van der Waals surface area contributed by atoms with Gasteiger partial charge in [-0.2, -0.15) is 5.10 Å². The summed E-state index contributed by atoms with van der Waals surface area (Å²) >= 11 is 0. The van der Waals surface area contributed by atoms with Gasteiger partial charge in [0.1, 0.15) is 0 Å². The van der Waals surface area contributed by atoms with Gasteiger partial charge in [0.2, 0.25) is 6.79 Å². The summed E-state index contributed by atoms with van der Waals surface area (Å²) < 4.78 is 10.8. The van der Waals surface area contributed by atoms with Crippen molar-refractivity contribution >= 4 is 5.91 Å². The average Bonchev–Trinajstić information content (AvgIpc) is 3.18. The number of aromatic amines is 1. The van der Waals surface area contributed by atoms with Crippen LogP contribution in [-0.2, 0) is 0 Å². The zero-order chi connectivity index (χ0) is 15.3. The molecular formula is C16H17N3O3. The molecule has 1 amide bonds. The van der Waals surface area contributed by atoms with Crippen molar-refractivity contribution in [2.75, 3.05) is 13.3 Å². The topological polar surface area (TPSA) is 67.5 Å². The van der Waals surface area contributed by atoms with E-state index in [0.717, 1.165) is 34.7 Å². The van der Waals surface area contributed by atoms with Crippen LogP contribution in [0, 0.1) is 6.92 Å². The molecule has 1 atom stereocenters. The molecule has 2 aliphatic heterocycles. The highest BCUT2D eigenvalue weighted by Gasteiger charge is 2.41. The van der Waals surface area contributed by atoms with Gasteiger partial charge in [-0.3, -0.25) is 9.89 Å². The molecule has 6 heteroatoms. The predicted octanol–water partition coefficient (Wildman–Crippen LogP) is 2.40. The van der Waals surface area contributed by atoms with Gasteiger partial charge in [0.05, 0.1) is 6.04 Å². The Balaban J connectivity index is 1.83. The first-order valence-corrected chi connectivity index (χ1v) is 7.46. The quantitative estimate of drug-likeness (QED) is 0.945. The lowest BCUT2D eigenvalue weighted by Gasteiger charge is -2.25. The Morgan fingerprint density at radius 3 is 3.00 bits per heavy atom. The minimum atomic E-state index is -0.115. The highest BCUT2D eigenvalue weighted by Crippen LogP contribution is 2.42. The zero-order valence-corrected chi connectivity index (χ0v) is 12.5. The van der Waals surface area contributed by atoms with Crippen molar-refractivity contribution in [3.63, 3.8) is 0 Å². The van der Waals surface area contributed by atoms with Gasteiger partial charge in [0.25, 0.3) is 5.91 Å². The number of rotatable bonds is 3. The highest BCUT2D eigenvalue weighted by molar-refractivity contribution is 5.98. The number of hydrogen-bond donors (Lipinski definition) is 1. The second-order valence-electron chi connectivity index (χ2n) is 5.62. The third kappa shape index (κ3) is 1.73. The van der Waals surface area contributed by atoms with Gasteiger partial charge in [-0.25, -0.2) is 0 Å². The van der Waals surface area contributed by atoms with E-state index in [9.17, 15) is 4.79 Å². The fourth-order valence-electron chi connectivity index (χ4n) is 3.25. The lowest BCUT2D eigenvalue weighted by atomic mass is 9.98. The van der Waals surface area contributed by atoms with Crippen molar-refractivity contribution in [2.45, 2.75) is 26.3 Å². The fraction of sp³-hybridized carbons (Fsp3) is 0.375. The first-order valence-electron chi connectivity index (χ1n) is 7.46. The SMILES string of the molecule is CCCN1C(=O)c2n[nH]c(C)c2C1c1ccc2c(c1)OCO2. The van der Waals surface area contributed by atoms with Gasteiger partial charge in [0, 0.05) is 17.8 Å². The maximum atomic E-state index is 12.6.